The van der Waals surface area contributed by atoms with Crippen molar-refractivity contribution in [1.82, 2.24) is 0 Å². The van der Waals surface area contributed by atoms with Crippen molar-refractivity contribution >= 4 is 24.3 Å². The van der Waals surface area contributed by atoms with E-state index in [2.05, 4.69) is 13.0 Å². The number of rotatable bonds is 3. The molecule has 0 aromatic rings. The molecule has 0 saturated carbocycles. The van der Waals surface area contributed by atoms with Crippen LogP contribution in [0.1, 0.15) is 0 Å². The fourth-order valence-electron chi connectivity index (χ4n) is 0.136. The van der Waals surface area contributed by atoms with Gasteiger partial charge >= 0.3 is 42.7 Å². The molecule has 0 rings (SSSR count). The summed E-state index contributed by atoms with van der Waals surface area (Å²) in [6.07, 6.45) is 3.66. The Balaban J connectivity index is 2.66. The molecule has 2 heteroatoms. The first-order valence-corrected chi connectivity index (χ1v) is 2.80. The zero-order valence-electron chi connectivity index (χ0n) is 3.68. The van der Waals surface area contributed by atoms with Gasteiger partial charge in [0.25, 0.3) is 0 Å². The van der Waals surface area contributed by atoms with Gasteiger partial charge in [0.15, 0.2) is 0 Å². The summed E-state index contributed by atoms with van der Waals surface area (Å²) in [6, 6.07) is 0. The van der Waals surface area contributed by atoms with Gasteiger partial charge in [-0.3, -0.25) is 0 Å². The van der Waals surface area contributed by atoms with Crippen molar-refractivity contribution in [2.75, 3.05) is 5.75 Å². The van der Waals surface area contributed by atoms with Crippen molar-refractivity contribution in [2.24, 2.45) is 0 Å². The summed E-state index contributed by atoms with van der Waals surface area (Å²) in [6.45, 7) is 7.04. The maximum absolute atomic E-state index is 3.53. The molecule has 0 radical (unpaired) electrons. The van der Waals surface area contributed by atoms with E-state index >= 15 is 0 Å². The molecule has 0 bridgehead atoms. The van der Waals surface area contributed by atoms with Gasteiger partial charge in [0.1, 0.15) is 0 Å². The molecule has 0 N–H and O–H groups in total. The zero-order chi connectivity index (χ0) is 4.83. The predicted molar refractivity (Wildman–Crippen MR) is 35.5 cm³/mol. The van der Waals surface area contributed by atoms with Gasteiger partial charge in [-0.1, -0.05) is 0 Å². The van der Waals surface area contributed by atoms with Crippen LogP contribution in [-0.4, -0.2) is 18.4 Å². The van der Waals surface area contributed by atoms with Gasteiger partial charge < -0.3 is 0 Å². The summed E-state index contributed by atoms with van der Waals surface area (Å²) < 4.78 is 0. The van der Waals surface area contributed by atoms with Crippen LogP contribution in [0.3, 0.4) is 0 Å². The van der Waals surface area contributed by atoms with Crippen molar-refractivity contribution in [1.29, 1.82) is 0 Å². The Morgan fingerprint density at radius 2 is 2.50 bits per heavy atom. The molecule has 0 saturated heterocycles. The molecule has 0 unspecified atom stereocenters. The minimum atomic E-state index is 0.976. The van der Waals surface area contributed by atoms with E-state index in [1.165, 1.54) is 0 Å². The third-order valence-electron chi connectivity index (χ3n) is 0.332. The van der Waals surface area contributed by atoms with Gasteiger partial charge in [-0.05, 0) is 0 Å². The molecule has 0 atom stereocenters. The van der Waals surface area contributed by atoms with Gasteiger partial charge in [-0.2, -0.15) is 0 Å². The van der Waals surface area contributed by atoms with E-state index in [1.807, 2.05) is 12.3 Å². The molecule has 0 aliphatic heterocycles. The van der Waals surface area contributed by atoms with Crippen molar-refractivity contribution in [3.63, 3.8) is 0 Å². The third-order valence-corrected chi connectivity index (χ3v) is 0.996. The fourth-order valence-corrected chi connectivity index (χ4v) is 0.408. The first-order valence-electron chi connectivity index (χ1n) is 1.75. The van der Waals surface area contributed by atoms with Crippen LogP contribution in [0.25, 0.3) is 0 Å². The second kappa shape index (κ2) is 5.02. The van der Waals surface area contributed by atoms with Crippen LogP contribution in [0.15, 0.2) is 12.7 Å². The standard InChI is InChI=1S/C4H7BS/c1-3-4-6-5-2/h3H,1-2,4H2. The molecule has 0 fully saturated rings. The van der Waals surface area contributed by atoms with E-state index in [4.69, 9.17) is 0 Å². The Morgan fingerprint density at radius 3 is 2.67 bits per heavy atom. The molecular formula is C4H7BS. The second-order valence-electron chi connectivity index (χ2n) is 0.789. The Hall–Kier alpha value is 0.0249. The summed E-state index contributed by atoms with van der Waals surface area (Å²) >= 11 is 1.65. The Morgan fingerprint density at radius 1 is 1.83 bits per heavy atom. The number of hydrogen-bond donors (Lipinski definition) is 0. The van der Waals surface area contributed by atoms with Crippen LogP contribution in [0, 0.1) is 0 Å². The van der Waals surface area contributed by atoms with Crippen LogP contribution >= 0.6 is 11.6 Å². The van der Waals surface area contributed by atoms with Crippen LogP contribution in [0.2, 0.25) is 0 Å². The van der Waals surface area contributed by atoms with Crippen molar-refractivity contribution in [2.45, 2.75) is 0 Å². The van der Waals surface area contributed by atoms with Gasteiger partial charge in [-0.25, -0.2) is 0 Å². The monoisotopic (exact) mass is 98.0 g/mol. The molecule has 0 spiro atoms. The van der Waals surface area contributed by atoms with E-state index in [9.17, 15) is 0 Å². The normalized spacial score (nSPS) is 6.67. The van der Waals surface area contributed by atoms with Gasteiger partial charge in [0.05, 0.1) is 0 Å². The SMILES string of the molecule is C=BSCC=C. The summed E-state index contributed by atoms with van der Waals surface area (Å²) in [5.41, 5.74) is 0. The summed E-state index contributed by atoms with van der Waals surface area (Å²) in [5.74, 6) is 0.976. The van der Waals surface area contributed by atoms with Crippen molar-refractivity contribution in [3.8, 4) is 0 Å². The molecule has 0 nitrogen and oxygen atoms in total. The fraction of sp³-hybridized carbons (Fsp3) is 0.250. The Bertz CT molecular complexity index is 43.5. The van der Waals surface area contributed by atoms with Gasteiger partial charge in [0.2, 0.25) is 0 Å². The summed E-state index contributed by atoms with van der Waals surface area (Å²) in [5, 5.41) is 0. The first-order chi connectivity index (χ1) is 2.91. The van der Waals surface area contributed by atoms with E-state index in [-0.39, 0.29) is 0 Å². The molecular weight excluding hydrogens is 90.9 g/mol. The van der Waals surface area contributed by atoms with Crippen LogP contribution < -0.4 is 0 Å². The quantitative estimate of drug-likeness (QED) is 0.287. The van der Waals surface area contributed by atoms with Crippen LogP contribution in [0.4, 0.5) is 0 Å². The van der Waals surface area contributed by atoms with E-state index in [1.54, 1.807) is 11.6 Å². The second-order valence-corrected chi connectivity index (χ2v) is 1.79. The maximum atomic E-state index is 3.53. The van der Waals surface area contributed by atoms with Crippen molar-refractivity contribution in [3.05, 3.63) is 12.7 Å². The zero-order valence-corrected chi connectivity index (χ0v) is 4.50. The van der Waals surface area contributed by atoms with E-state index in [0.717, 1.165) is 5.75 Å². The van der Waals surface area contributed by atoms with Crippen LogP contribution in [-0.2, 0) is 0 Å². The first kappa shape index (κ1) is 6.02. The molecule has 0 amide bonds. The number of hydrogen-bond acceptors (Lipinski definition) is 1. The Kier molecular flexibility index (Phi) is 5.05. The van der Waals surface area contributed by atoms with E-state index in [0.29, 0.717) is 0 Å². The average Bonchev–Trinajstić information content (AvgIpc) is 1.61. The molecule has 32 valence electrons. The molecule has 0 aromatic carbocycles. The molecule has 0 aliphatic carbocycles. The average molecular weight is 98.0 g/mol. The van der Waals surface area contributed by atoms with Gasteiger partial charge in [0, 0.05) is 0 Å². The third kappa shape index (κ3) is 4.02. The van der Waals surface area contributed by atoms with Gasteiger partial charge in [-0.15, -0.1) is 0 Å². The topological polar surface area (TPSA) is 0 Å². The molecule has 0 aliphatic rings. The molecule has 0 heterocycles. The molecule has 0 aromatic heterocycles. The van der Waals surface area contributed by atoms with E-state index < -0.39 is 0 Å². The summed E-state index contributed by atoms with van der Waals surface area (Å²) in [4.78, 5) is 0. The predicted octanol–water partition coefficient (Wildman–Crippen LogP) is 0.957. The molecule has 6 heavy (non-hydrogen) atoms. The van der Waals surface area contributed by atoms with Crippen molar-refractivity contribution < 1.29 is 0 Å². The Labute approximate surface area is 43.4 Å². The van der Waals surface area contributed by atoms with Crippen LogP contribution in [0.5, 0.6) is 0 Å². The minimum absolute atomic E-state index is 0.976. The summed E-state index contributed by atoms with van der Waals surface area (Å²) in [7, 11) is 0.